The van der Waals surface area contributed by atoms with Crippen molar-refractivity contribution in [3.05, 3.63) is 194 Å². The molecule has 0 saturated carbocycles. The van der Waals surface area contributed by atoms with Gasteiger partial charge < -0.3 is 0 Å². The van der Waals surface area contributed by atoms with E-state index in [0.29, 0.717) is 11.6 Å². The molecule has 3 aromatic heterocycles. The molecule has 0 aliphatic heterocycles. The molecule has 260 valence electrons. The van der Waals surface area contributed by atoms with E-state index in [2.05, 4.69) is 156 Å². The number of imidazole rings is 1. The second-order valence-electron chi connectivity index (χ2n) is 13.7. The molecule has 0 N–H and O–H groups in total. The Morgan fingerprint density at radius 3 is 2.04 bits per heavy atom. The third-order valence-corrected chi connectivity index (χ3v) is 10.2. The molecule has 3 heterocycles. The number of aromatic nitrogens is 6. The number of pyridine rings is 1. The van der Waals surface area contributed by atoms with Crippen molar-refractivity contribution < 1.29 is 0 Å². The third-order valence-electron chi connectivity index (χ3n) is 10.2. The Labute approximate surface area is 318 Å². The van der Waals surface area contributed by atoms with Gasteiger partial charge in [0.25, 0.3) is 0 Å². The van der Waals surface area contributed by atoms with Gasteiger partial charge in [-0.15, -0.1) is 0 Å². The van der Waals surface area contributed by atoms with Crippen molar-refractivity contribution in [1.29, 1.82) is 0 Å². The van der Waals surface area contributed by atoms with Gasteiger partial charge >= 0.3 is 0 Å². The van der Waals surface area contributed by atoms with Gasteiger partial charge in [0.1, 0.15) is 11.5 Å². The van der Waals surface area contributed by atoms with Crippen LogP contribution in [0.5, 0.6) is 0 Å². The molecule has 9 aromatic rings. The molecule has 1 atom stereocenters. The van der Waals surface area contributed by atoms with E-state index in [1.165, 1.54) is 0 Å². The van der Waals surface area contributed by atoms with E-state index in [9.17, 15) is 0 Å². The zero-order valence-corrected chi connectivity index (χ0v) is 29.9. The second-order valence-corrected chi connectivity index (χ2v) is 13.7. The minimum atomic E-state index is 0.0914. The maximum Gasteiger partial charge on any atom is 0.164 e. The summed E-state index contributed by atoms with van der Waals surface area (Å²) >= 11 is 0. The minimum absolute atomic E-state index is 0.0914. The Morgan fingerprint density at radius 1 is 0.509 bits per heavy atom. The van der Waals surface area contributed by atoms with Gasteiger partial charge in [-0.3, -0.25) is 9.55 Å². The molecule has 0 saturated heterocycles. The monoisotopic (exact) mass is 706 g/mol. The molecule has 6 aromatic carbocycles. The Hall–Kier alpha value is -7.31. The van der Waals surface area contributed by atoms with Crippen LogP contribution in [0.1, 0.15) is 18.2 Å². The lowest BCUT2D eigenvalue weighted by molar-refractivity contribution is 0.764. The standard InChI is InChI=1S/C49H34N6/c1-4-15-33(16-5-1)46-52-47(34-17-6-2-7-18-34)54-48(53-46)42-28-27-39(40-23-10-11-24-41(40)42)37-20-14-19-35(31-37)36-29-30-50-44(32-36)49-51-43-25-12-13-26-45(43)55(49)38-21-8-3-9-22-38/h1-17,19-32,34H,18H2. The molecule has 0 radical (unpaired) electrons. The first-order valence-electron chi connectivity index (χ1n) is 18.5. The average Bonchev–Trinajstić information content (AvgIpc) is 3.67. The van der Waals surface area contributed by atoms with E-state index >= 15 is 0 Å². The van der Waals surface area contributed by atoms with Crippen LogP contribution in [0.2, 0.25) is 0 Å². The van der Waals surface area contributed by atoms with E-state index in [-0.39, 0.29) is 5.92 Å². The Balaban J connectivity index is 1.06. The fourth-order valence-electron chi connectivity index (χ4n) is 7.55. The van der Waals surface area contributed by atoms with Gasteiger partial charge in [0.05, 0.1) is 11.0 Å². The van der Waals surface area contributed by atoms with Crippen LogP contribution in [0.3, 0.4) is 0 Å². The van der Waals surface area contributed by atoms with Crippen LogP contribution in [0, 0.1) is 0 Å². The zero-order chi connectivity index (χ0) is 36.6. The van der Waals surface area contributed by atoms with Gasteiger partial charge in [-0.05, 0) is 88.0 Å². The van der Waals surface area contributed by atoms with Crippen LogP contribution in [0.4, 0.5) is 0 Å². The van der Waals surface area contributed by atoms with Gasteiger partial charge in [0, 0.05) is 28.9 Å². The molecule has 1 aliphatic rings. The van der Waals surface area contributed by atoms with E-state index in [4.69, 9.17) is 24.9 Å². The summed E-state index contributed by atoms with van der Waals surface area (Å²) in [5.41, 5.74) is 10.2. The minimum Gasteiger partial charge on any atom is -0.291 e. The number of hydrogen-bond acceptors (Lipinski definition) is 5. The number of para-hydroxylation sites is 3. The normalized spacial score (nSPS) is 13.8. The third kappa shape index (κ3) is 6.10. The van der Waals surface area contributed by atoms with Crippen molar-refractivity contribution in [2.75, 3.05) is 0 Å². The highest BCUT2D eigenvalue weighted by atomic mass is 15.1. The first kappa shape index (κ1) is 32.3. The van der Waals surface area contributed by atoms with Crippen molar-refractivity contribution in [1.82, 2.24) is 29.5 Å². The smallest absolute Gasteiger partial charge is 0.164 e. The van der Waals surface area contributed by atoms with Crippen LogP contribution < -0.4 is 0 Å². The van der Waals surface area contributed by atoms with Crippen LogP contribution >= 0.6 is 0 Å². The van der Waals surface area contributed by atoms with Gasteiger partial charge in [0.15, 0.2) is 17.5 Å². The Kier molecular flexibility index (Phi) is 8.18. The summed E-state index contributed by atoms with van der Waals surface area (Å²) in [7, 11) is 0. The zero-order valence-electron chi connectivity index (χ0n) is 29.9. The summed E-state index contributed by atoms with van der Waals surface area (Å²) in [4.78, 5) is 25.1. The van der Waals surface area contributed by atoms with Crippen molar-refractivity contribution in [3.63, 3.8) is 0 Å². The van der Waals surface area contributed by atoms with Crippen molar-refractivity contribution in [2.24, 2.45) is 0 Å². The quantitative estimate of drug-likeness (QED) is 0.165. The van der Waals surface area contributed by atoms with Crippen LogP contribution in [0.25, 0.3) is 84.0 Å². The molecule has 0 bridgehead atoms. The highest BCUT2D eigenvalue weighted by Crippen LogP contribution is 2.38. The van der Waals surface area contributed by atoms with Gasteiger partial charge in [-0.25, -0.2) is 19.9 Å². The molecule has 1 aliphatic carbocycles. The van der Waals surface area contributed by atoms with Crippen molar-refractivity contribution in [3.8, 4) is 62.2 Å². The maximum absolute atomic E-state index is 5.11. The SMILES string of the molecule is C1=CCC(c2nc(-c3ccccc3)nc(-c3ccc(-c4cccc(-c5ccnc(-c6nc7ccccc7n6-c6ccccc6)c5)c4)c4ccccc34)n2)C=C1. The van der Waals surface area contributed by atoms with E-state index in [1.54, 1.807) is 0 Å². The summed E-state index contributed by atoms with van der Waals surface area (Å²) in [5, 5.41) is 2.22. The molecule has 0 spiro atoms. The van der Waals surface area contributed by atoms with E-state index in [0.717, 1.165) is 84.6 Å². The molecular weight excluding hydrogens is 673 g/mol. The highest BCUT2D eigenvalue weighted by molar-refractivity contribution is 6.04. The summed E-state index contributed by atoms with van der Waals surface area (Å²) in [6.45, 7) is 0. The fourth-order valence-corrected chi connectivity index (χ4v) is 7.55. The van der Waals surface area contributed by atoms with E-state index < -0.39 is 0 Å². The second kappa shape index (κ2) is 13.9. The molecular formula is C49H34N6. The van der Waals surface area contributed by atoms with Crippen LogP contribution in [-0.2, 0) is 0 Å². The van der Waals surface area contributed by atoms with Crippen molar-refractivity contribution >= 4 is 21.8 Å². The number of rotatable bonds is 7. The summed E-state index contributed by atoms with van der Waals surface area (Å²) in [6, 6.07) is 54.6. The summed E-state index contributed by atoms with van der Waals surface area (Å²) in [5.74, 6) is 3.03. The van der Waals surface area contributed by atoms with Crippen molar-refractivity contribution in [2.45, 2.75) is 12.3 Å². The number of fused-ring (bicyclic) bond motifs is 2. The molecule has 1 unspecified atom stereocenters. The van der Waals surface area contributed by atoms with E-state index in [1.807, 2.05) is 36.5 Å². The maximum atomic E-state index is 5.11. The largest absolute Gasteiger partial charge is 0.291 e. The molecule has 0 amide bonds. The lowest BCUT2D eigenvalue weighted by atomic mass is 9.93. The lowest BCUT2D eigenvalue weighted by Gasteiger charge is -2.16. The number of allylic oxidation sites excluding steroid dienone is 4. The average molecular weight is 707 g/mol. The Bertz CT molecular complexity index is 2910. The Morgan fingerprint density at radius 2 is 1.20 bits per heavy atom. The fraction of sp³-hybridized carbons (Fsp3) is 0.0408. The molecule has 55 heavy (non-hydrogen) atoms. The highest BCUT2D eigenvalue weighted by Gasteiger charge is 2.20. The molecule has 10 rings (SSSR count). The summed E-state index contributed by atoms with van der Waals surface area (Å²) < 4.78 is 2.19. The van der Waals surface area contributed by atoms with Gasteiger partial charge in [0.2, 0.25) is 0 Å². The molecule has 6 heteroatoms. The first-order chi connectivity index (χ1) is 27.3. The predicted molar refractivity (Wildman–Crippen MR) is 223 cm³/mol. The molecule has 6 nitrogen and oxygen atoms in total. The van der Waals surface area contributed by atoms with Crippen LogP contribution in [0.15, 0.2) is 188 Å². The molecule has 0 fully saturated rings. The van der Waals surface area contributed by atoms with Gasteiger partial charge in [-0.1, -0.05) is 133 Å². The number of benzene rings is 6. The topological polar surface area (TPSA) is 69.4 Å². The predicted octanol–water partition coefficient (Wildman–Crippen LogP) is 11.7. The summed E-state index contributed by atoms with van der Waals surface area (Å²) in [6.07, 6.45) is 11.2. The lowest BCUT2D eigenvalue weighted by Crippen LogP contribution is -2.08. The number of nitrogens with zero attached hydrogens (tertiary/aromatic N) is 6. The number of hydrogen-bond donors (Lipinski definition) is 0. The first-order valence-corrected chi connectivity index (χ1v) is 18.5. The van der Waals surface area contributed by atoms with Gasteiger partial charge in [-0.2, -0.15) is 0 Å². The van der Waals surface area contributed by atoms with Crippen LogP contribution in [-0.4, -0.2) is 29.5 Å².